The molecule has 1 atom stereocenters. The molecule has 0 aliphatic heterocycles. The lowest BCUT2D eigenvalue weighted by molar-refractivity contribution is 0.0355. The summed E-state index contributed by atoms with van der Waals surface area (Å²) in [5.41, 5.74) is 0. The van der Waals surface area contributed by atoms with E-state index in [0.29, 0.717) is 13.2 Å². The van der Waals surface area contributed by atoms with Crippen LogP contribution in [-0.2, 0) is 4.74 Å². The monoisotopic (exact) mass is 255 g/mol. The maximum absolute atomic E-state index is 9.63. The van der Waals surface area contributed by atoms with Gasteiger partial charge in [-0.2, -0.15) is 0 Å². The van der Waals surface area contributed by atoms with Crippen molar-refractivity contribution in [2.45, 2.75) is 58.0 Å². The Kier molecular flexibility index (Phi) is 14.0. The Hall–Kier alpha value is -0.560. The summed E-state index contributed by atoms with van der Waals surface area (Å²) >= 11 is 0. The third-order valence-corrected chi connectivity index (χ3v) is 2.76. The van der Waals surface area contributed by atoms with Gasteiger partial charge in [0.15, 0.2) is 0 Å². The van der Waals surface area contributed by atoms with Crippen LogP contribution in [0.25, 0.3) is 0 Å². The second kappa shape index (κ2) is 14.5. The van der Waals surface area contributed by atoms with Crippen LogP contribution in [0.4, 0.5) is 0 Å². The second-order valence-electron chi connectivity index (χ2n) is 4.65. The van der Waals surface area contributed by atoms with Crippen LogP contribution in [-0.4, -0.2) is 37.5 Å². The number of unbranched alkanes of at least 4 members (excludes halogenated alkanes) is 5. The molecular weight excluding hydrogens is 226 g/mol. The minimum absolute atomic E-state index is 0.399. The predicted octanol–water partition coefficient (Wildman–Crippen LogP) is 2.34. The number of aliphatic hydroxyl groups excluding tert-OH is 1. The third kappa shape index (κ3) is 13.5. The lowest BCUT2D eigenvalue weighted by Crippen LogP contribution is -2.31. The Morgan fingerprint density at radius 2 is 2.06 bits per heavy atom. The number of hydrogen-bond donors (Lipinski definition) is 2. The maximum Gasteiger partial charge on any atom is 0.0897 e. The smallest absolute Gasteiger partial charge is 0.0897 e. The summed E-state index contributed by atoms with van der Waals surface area (Å²) in [7, 11) is 0. The minimum atomic E-state index is -0.399. The van der Waals surface area contributed by atoms with Gasteiger partial charge in [0, 0.05) is 19.6 Å². The highest BCUT2D eigenvalue weighted by molar-refractivity contribution is 4.82. The Morgan fingerprint density at radius 3 is 2.78 bits per heavy atom. The summed E-state index contributed by atoms with van der Waals surface area (Å²) in [6.45, 7) is 4.91. The van der Waals surface area contributed by atoms with Gasteiger partial charge in [0.25, 0.3) is 0 Å². The number of hydrogen-bond acceptors (Lipinski definition) is 3. The van der Waals surface area contributed by atoms with Gasteiger partial charge in [0.05, 0.1) is 12.7 Å². The molecule has 0 aromatic heterocycles. The fourth-order valence-corrected chi connectivity index (χ4v) is 1.65. The summed E-state index contributed by atoms with van der Waals surface area (Å²) in [5, 5.41) is 12.8. The largest absolute Gasteiger partial charge is 0.389 e. The van der Waals surface area contributed by atoms with Crippen molar-refractivity contribution in [3.05, 3.63) is 0 Å². The standard InChI is InChI=1S/C15H29NO2/c1-3-5-7-9-11-16-13-15(17)14-18-12-10-8-6-4-2/h1,15-17H,4-14H2,2H3. The highest BCUT2D eigenvalue weighted by Gasteiger charge is 2.02. The van der Waals surface area contributed by atoms with Crippen LogP contribution in [0.3, 0.4) is 0 Å². The normalized spacial score (nSPS) is 12.3. The molecule has 0 fully saturated rings. The average molecular weight is 255 g/mol. The molecule has 0 amide bonds. The minimum Gasteiger partial charge on any atom is -0.389 e. The fraction of sp³-hybridized carbons (Fsp3) is 0.867. The zero-order valence-electron chi connectivity index (χ0n) is 11.8. The first kappa shape index (κ1) is 17.4. The zero-order valence-corrected chi connectivity index (χ0v) is 11.8. The van der Waals surface area contributed by atoms with Gasteiger partial charge in [-0.1, -0.05) is 26.2 Å². The van der Waals surface area contributed by atoms with Crippen molar-refractivity contribution in [2.75, 3.05) is 26.3 Å². The molecule has 0 heterocycles. The number of rotatable bonds is 13. The van der Waals surface area contributed by atoms with Crippen LogP contribution in [0, 0.1) is 12.3 Å². The van der Waals surface area contributed by atoms with Crippen molar-refractivity contribution in [1.82, 2.24) is 5.32 Å². The van der Waals surface area contributed by atoms with E-state index >= 15 is 0 Å². The van der Waals surface area contributed by atoms with E-state index in [2.05, 4.69) is 18.2 Å². The van der Waals surface area contributed by atoms with Crippen molar-refractivity contribution in [3.8, 4) is 12.3 Å². The highest BCUT2D eigenvalue weighted by atomic mass is 16.5. The maximum atomic E-state index is 9.63. The van der Waals surface area contributed by atoms with Gasteiger partial charge in [0.2, 0.25) is 0 Å². The lowest BCUT2D eigenvalue weighted by atomic mass is 10.2. The molecule has 0 saturated heterocycles. The first-order valence-corrected chi connectivity index (χ1v) is 7.21. The molecule has 0 aromatic carbocycles. The molecule has 0 rings (SSSR count). The summed E-state index contributed by atoms with van der Waals surface area (Å²) in [6, 6.07) is 0. The van der Waals surface area contributed by atoms with Crippen LogP contribution in [0.1, 0.15) is 51.9 Å². The molecule has 0 radical (unpaired) electrons. The summed E-state index contributed by atoms with van der Waals surface area (Å²) < 4.78 is 5.42. The van der Waals surface area contributed by atoms with Crippen molar-refractivity contribution < 1.29 is 9.84 Å². The summed E-state index contributed by atoms with van der Waals surface area (Å²) in [4.78, 5) is 0. The quantitative estimate of drug-likeness (QED) is 0.392. The van der Waals surface area contributed by atoms with Crippen molar-refractivity contribution in [3.63, 3.8) is 0 Å². The van der Waals surface area contributed by atoms with Crippen LogP contribution < -0.4 is 5.32 Å². The van der Waals surface area contributed by atoms with Gasteiger partial charge in [-0.3, -0.25) is 0 Å². The number of aliphatic hydroxyl groups is 1. The Balaban J connectivity index is 3.13. The van der Waals surface area contributed by atoms with Gasteiger partial charge in [-0.25, -0.2) is 0 Å². The SMILES string of the molecule is C#CCCCCNCC(O)COCCCCCC. The topological polar surface area (TPSA) is 41.5 Å². The average Bonchev–Trinajstić information content (AvgIpc) is 2.38. The third-order valence-electron chi connectivity index (χ3n) is 2.76. The van der Waals surface area contributed by atoms with Gasteiger partial charge < -0.3 is 15.2 Å². The first-order chi connectivity index (χ1) is 8.81. The Bertz CT molecular complexity index is 201. The molecule has 1 unspecified atom stereocenters. The van der Waals surface area contributed by atoms with Crippen molar-refractivity contribution in [2.24, 2.45) is 0 Å². The van der Waals surface area contributed by atoms with E-state index in [0.717, 1.165) is 38.8 Å². The number of ether oxygens (including phenoxy) is 1. The zero-order chi connectivity index (χ0) is 13.5. The molecule has 0 aliphatic carbocycles. The van der Waals surface area contributed by atoms with E-state index in [1.807, 2.05) is 0 Å². The second-order valence-corrected chi connectivity index (χ2v) is 4.65. The van der Waals surface area contributed by atoms with E-state index < -0.39 is 6.10 Å². The van der Waals surface area contributed by atoms with E-state index in [-0.39, 0.29) is 0 Å². The van der Waals surface area contributed by atoms with Gasteiger partial charge in [-0.05, 0) is 25.8 Å². The predicted molar refractivity (Wildman–Crippen MR) is 76.5 cm³/mol. The van der Waals surface area contributed by atoms with Crippen LogP contribution in [0.15, 0.2) is 0 Å². The molecule has 3 heteroatoms. The molecule has 18 heavy (non-hydrogen) atoms. The molecular formula is C15H29NO2. The van der Waals surface area contributed by atoms with E-state index in [1.165, 1.54) is 19.3 Å². The van der Waals surface area contributed by atoms with Crippen molar-refractivity contribution >= 4 is 0 Å². The molecule has 0 aliphatic rings. The van der Waals surface area contributed by atoms with Crippen molar-refractivity contribution in [1.29, 1.82) is 0 Å². The summed E-state index contributed by atoms with van der Waals surface area (Å²) in [6.07, 6.45) is 12.5. The van der Waals surface area contributed by atoms with E-state index in [4.69, 9.17) is 11.2 Å². The Labute approximate surface area is 112 Å². The molecule has 0 bridgehead atoms. The van der Waals surface area contributed by atoms with E-state index in [9.17, 15) is 5.11 Å². The molecule has 0 saturated carbocycles. The van der Waals surface area contributed by atoms with Gasteiger partial charge in [0.1, 0.15) is 0 Å². The fourth-order valence-electron chi connectivity index (χ4n) is 1.65. The molecule has 0 aromatic rings. The lowest BCUT2D eigenvalue weighted by Gasteiger charge is -2.12. The number of nitrogens with one attached hydrogen (secondary N) is 1. The molecule has 0 spiro atoms. The van der Waals surface area contributed by atoms with Crippen LogP contribution >= 0.6 is 0 Å². The van der Waals surface area contributed by atoms with Crippen LogP contribution in [0.2, 0.25) is 0 Å². The molecule has 3 nitrogen and oxygen atoms in total. The number of terminal acetylenes is 1. The van der Waals surface area contributed by atoms with Gasteiger partial charge >= 0.3 is 0 Å². The Morgan fingerprint density at radius 1 is 1.22 bits per heavy atom. The molecule has 2 N–H and O–H groups in total. The van der Waals surface area contributed by atoms with E-state index in [1.54, 1.807) is 0 Å². The summed E-state index contributed by atoms with van der Waals surface area (Å²) in [5.74, 6) is 2.62. The molecule has 106 valence electrons. The van der Waals surface area contributed by atoms with Crippen LogP contribution in [0.5, 0.6) is 0 Å². The van der Waals surface area contributed by atoms with Gasteiger partial charge in [-0.15, -0.1) is 12.3 Å². The first-order valence-electron chi connectivity index (χ1n) is 7.21. The highest BCUT2D eigenvalue weighted by Crippen LogP contribution is 1.99.